The Kier molecular flexibility index (Phi) is 7.01. The highest BCUT2D eigenvalue weighted by molar-refractivity contribution is 7.15. The van der Waals surface area contributed by atoms with E-state index in [4.69, 9.17) is 4.74 Å². The molecule has 2 aliphatic rings. The topological polar surface area (TPSA) is 79.4 Å². The number of ether oxygens (including phenoxy) is 1. The monoisotopic (exact) mass is 367 g/mol. The molecule has 0 unspecified atom stereocenters. The minimum Gasteiger partial charge on any atom is -0.383 e. The minimum atomic E-state index is -0.179. The highest BCUT2D eigenvalue weighted by atomic mass is 32.1. The van der Waals surface area contributed by atoms with Crippen molar-refractivity contribution in [1.82, 2.24) is 20.4 Å². The molecule has 0 radical (unpaired) electrons. The second-order valence-electron chi connectivity index (χ2n) is 7.06. The number of urea groups is 1. The van der Waals surface area contributed by atoms with E-state index < -0.39 is 0 Å². The van der Waals surface area contributed by atoms with Crippen molar-refractivity contribution >= 4 is 22.5 Å². The van der Waals surface area contributed by atoms with Crippen molar-refractivity contribution in [1.29, 1.82) is 0 Å². The highest BCUT2D eigenvalue weighted by Crippen LogP contribution is 2.35. The highest BCUT2D eigenvalue weighted by Gasteiger charge is 2.23. The summed E-state index contributed by atoms with van der Waals surface area (Å²) in [6, 6.07) is -0.179. The molecule has 1 saturated carbocycles. The Balaban J connectivity index is 1.37. The van der Waals surface area contributed by atoms with E-state index in [1.807, 2.05) is 0 Å². The minimum absolute atomic E-state index is 0.179. The maximum Gasteiger partial charge on any atom is 0.321 e. The summed E-state index contributed by atoms with van der Waals surface area (Å²) in [7, 11) is 1.73. The van der Waals surface area contributed by atoms with E-state index in [2.05, 4.69) is 25.7 Å². The van der Waals surface area contributed by atoms with Gasteiger partial charge >= 0.3 is 6.03 Å². The van der Waals surface area contributed by atoms with Crippen LogP contribution in [-0.2, 0) is 4.74 Å². The van der Waals surface area contributed by atoms with Crippen molar-refractivity contribution in [3.05, 3.63) is 5.01 Å². The van der Waals surface area contributed by atoms with Gasteiger partial charge in [-0.25, -0.2) is 4.79 Å². The molecule has 140 valence electrons. The first kappa shape index (κ1) is 18.5. The molecule has 0 spiro atoms. The van der Waals surface area contributed by atoms with E-state index in [-0.39, 0.29) is 6.03 Å². The third kappa shape index (κ3) is 5.62. The number of methoxy groups -OCH3 is 1. The second-order valence-corrected chi connectivity index (χ2v) is 8.07. The van der Waals surface area contributed by atoms with Crippen LogP contribution in [0, 0.1) is 5.92 Å². The maximum atomic E-state index is 12.1. The summed E-state index contributed by atoms with van der Waals surface area (Å²) in [4.78, 5) is 14.5. The zero-order chi connectivity index (χ0) is 17.5. The van der Waals surface area contributed by atoms with Gasteiger partial charge in [0.2, 0.25) is 5.13 Å². The summed E-state index contributed by atoms with van der Waals surface area (Å²) in [5.41, 5.74) is 0. The van der Waals surface area contributed by atoms with E-state index >= 15 is 0 Å². The van der Waals surface area contributed by atoms with E-state index in [0.29, 0.717) is 23.5 Å². The normalized spacial score (nSPS) is 22.2. The van der Waals surface area contributed by atoms with E-state index in [0.717, 1.165) is 37.7 Å². The van der Waals surface area contributed by atoms with Crippen molar-refractivity contribution in [2.24, 2.45) is 5.92 Å². The van der Waals surface area contributed by atoms with Crippen LogP contribution in [0.15, 0.2) is 0 Å². The Morgan fingerprint density at radius 3 is 2.92 bits per heavy atom. The number of rotatable bonds is 7. The van der Waals surface area contributed by atoms with Crippen LogP contribution in [0.25, 0.3) is 0 Å². The molecule has 8 heteroatoms. The third-order valence-electron chi connectivity index (χ3n) is 5.15. The predicted octanol–water partition coefficient (Wildman–Crippen LogP) is 2.68. The number of nitrogens with zero attached hydrogens (tertiary/aromatic N) is 3. The Bertz CT molecular complexity index is 547. The standard InChI is InChI=1S/C17H29N5O2S/c1-24-10-9-22-8-7-13(12-22)11-18-16(23)19-17-21-20-15(25-17)14-5-3-2-4-6-14/h13-14H,2-12H2,1H3,(H2,18,19,21,23)/t13-/m1/s1. The molecule has 1 saturated heterocycles. The number of hydrogen-bond acceptors (Lipinski definition) is 6. The Morgan fingerprint density at radius 1 is 1.28 bits per heavy atom. The molecule has 0 bridgehead atoms. The molecule has 1 aromatic rings. The molecule has 25 heavy (non-hydrogen) atoms. The number of anilines is 1. The number of hydrogen-bond donors (Lipinski definition) is 2. The fourth-order valence-corrected chi connectivity index (χ4v) is 4.59. The van der Waals surface area contributed by atoms with Crippen molar-refractivity contribution in [2.75, 3.05) is 45.2 Å². The summed E-state index contributed by atoms with van der Waals surface area (Å²) in [6.45, 7) is 4.53. The van der Waals surface area contributed by atoms with Gasteiger partial charge in [-0.3, -0.25) is 5.32 Å². The molecule has 2 heterocycles. The van der Waals surface area contributed by atoms with E-state index in [1.54, 1.807) is 7.11 Å². The average Bonchev–Trinajstić information content (AvgIpc) is 3.28. The van der Waals surface area contributed by atoms with Gasteiger partial charge in [-0.05, 0) is 31.7 Å². The SMILES string of the molecule is COCCN1CC[C@H](CNC(=O)Nc2nnc(C3CCCCC3)s2)C1. The maximum absolute atomic E-state index is 12.1. The van der Waals surface area contributed by atoms with Crippen LogP contribution in [0.2, 0.25) is 0 Å². The average molecular weight is 368 g/mol. The fraction of sp³-hybridized carbons (Fsp3) is 0.824. The van der Waals surface area contributed by atoms with Gasteiger partial charge < -0.3 is 15.0 Å². The van der Waals surface area contributed by atoms with Crippen molar-refractivity contribution in [3.63, 3.8) is 0 Å². The second kappa shape index (κ2) is 9.45. The lowest BCUT2D eigenvalue weighted by Crippen LogP contribution is -2.34. The van der Waals surface area contributed by atoms with E-state index in [9.17, 15) is 4.79 Å². The lowest BCUT2D eigenvalue weighted by atomic mass is 9.90. The van der Waals surface area contributed by atoms with Crippen LogP contribution in [-0.4, -0.2) is 61.0 Å². The number of nitrogens with one attached hydrogen (secondary N) is 2. The first-order chi connectivity index (χ1) is 12.2. The number of amides is 2. The molecule has 2 fully saturated rings. The van der Waals surface area contributed by atoms with Crippen molar-refractivity contribution < 1.29 is 9.53 Å². The third-order valence-corrected chi connectivity index (χ3v) is 6.15. The lowest BCUT2D eigenvalue weighted by Gasteiger charge is -2.18. The fourth-order valence-electron chi connectivity index (χ4n) is 3.68. The van der Waals surface area contributed by atoms with E-state index in [1.165, 1.54) is 43.4 Å². The summed E-state index contributed by atoms with van der Waals surface area (Å²) in [5, 5.41) is 15.9. The molecule has 0 aromatic carbocycles. The van der Waals surface area contributed by atoms with Crippen LogP contribution in [0.5, 0.6) is 0 Å². The van der Waals surface area contributed by atoms with Crippen LogP contribution in [0.3, 0.4) is 0 Å². The smallest absolute Gasteiger partial charge is 0.321 e. The Hall–Kier alpha value is -1.25. The lowest BCUT2D eigenvalue weighted by molar-refractivity contribution is 0.159. The van der Waals surface area contributed by atoms with Crippen LogP contribution in [0.4, 0.5) is 9.93 Å². The quantitative estimate of drug-likeness (QED) is 0.774. The van der Waals surface area contributed by atoms with Gasteiger partial charge in [-0.1, -0.05) is 30.6 Å². The van der Waals surface area contributed by atoms with Crippen molar-refractivity contribution in [3.8, 4) is 0 Å². The molecule has 2 amide bonds. The molecule has 1 aromatic heterocycles. The van der Waals surface area contributed by atoms with Crippen molar-refractivity contribution in [2.45, 2.75) is 44.4 Å². The van der Waals surface area contributed by atoms with Gasteiger partial charge in [0.25, 0.3) is 0 Å². The summed E-state index contributed by atoms with van der Waals surface area (Å²) in [6.07, 6.45) is 7.39. The molecular formula is C17H29N5O2S. The van der Waals surface area contributed by atoms with Gasteiger partial charge in [-0.15, -0.1) is 10.2 Å². The van der Waals surface area contributed by atoms with Crippen LogP contribution >= 0.6 is 11.3 Å². The zero-order valence-electron chi connectivity index (χ0n) is 15.0. The Morgan fingerprint density at radius 2 is 2.12 bits per heavy atom. The van der Waals surface area contributed by atoms with Gasteiger partial charge in [-0.2, -0.15) is 0 Å². The predicted molar refractivity (Wildman–Crippen MR) is 99.2 cm³/mol. The number of likely N-dealkylation sites (tertiary alicyclic amines) is 1. The molecule has 1 aliphatic heterocycles. The van der Waals surface area contributed by atoms with Gasteiger partial charge in [0.1, 0.15) is 5.01 Å². The van der Waals surface area contributed by atoms with Crippen LogP contribution in [0.1, 0.15) is 49.5 Å². The molecule has 1 aliphatic carbocycles. The van der Waals surface area contributed by atoms with Gasteiger partial charge in [0.05, 0.1) is 6.61 Å². The first-order valence-corrected chi connectivity index (χ1v) is 10.2. The first-order valence-electron chi connectivity index (χ1n) is 9.34. The summed E-state index contributed by atoms with van der Waals surface area (Å²) < 4.78 is 5.12. The molecular weight excluding hydrogens is 338 g/mol. The molecule has 1 atom stereocenters. The largest absolute Gasteiger partial charge is 0.383 e. The number of aromatic nitrogens is 2. The van der Waals surface area contributed by atoms with Gasteiger partial charge in [0.15, 0.2) is 0 Å². The molecule has 3 rings (SSSR count). The summed E-state index contributed by atoms with van der Waals surface area (Å²) in [5.74, 6) is 1.04. The van der Waals surface area contributed by atoms with Gasteiger partial charge in [0, 0.05) is 32.7 Å². The number of carbonyl (C=O) groups is 1. The summed E-state index contributed by atoms with van der Waals surface area (Å²) >= 11 is 1.52. The number of carbonyl (C=O) groups excluding carboxylic acids is 1. The zero-order valence-corrected chi connectivity index (χ0v) is 15.8. The Labute approximate surface area is 153 Å². The van der Waals surface area contributed by atoms with Crippen LogP contribution < -0.4 is 10.6 Å². The molecule has 7 nitrogen and oxygen atoms in total. The molecule has 2 N–H and O–H groups in total.